The SMILES string of the molecule is COc1ccccc1OC(=O)C[N+](=O)[O-]. The summed E-state index contributed by atoms with van der Waals surface area (Å²) in [5, 5.41) is 10.0. The zero-order chi connectivity index (χ0) is 11.3. The molecule has 6 heteroatoms. The Balaban J connectivity index is 2.71. The second-order valence-corrected chi connectivity index (χ2v) is 2.62. The first kappa shape index (κ1) is 11.0. The molecule has 0 aromatic heterocycles. The minimum atomic E-state index is -0.926. The third kappa shape index (κ3) is 3.26. The molecule has 0 saturated carbocycles. The molecule has 0 bridgehead atoms. The standard InChI is InChI=1S/C9H9NO5/c1-14-7-4-2-3-5-8(7)15-9(11)6-10(12)13/h2-5H,6H2,1H3. The smallest absolute Gasteiger partial charge is 0.384 e. The second-order valence-electron chi connectivity index (χ2n) is 2.62. The van der Waals surface area contributed by atoms with Crippen molar-refractivity contribution in [1.29, 1.82) is 0 Å². The lowest BCUT2D eigenvalue weighted by molar-refractivity contribution is -0.469. The van der Waals surface area contributed by atoms with E-state index < -0.39 is 17.4 Å². The Morgan fingerprint density at radius 2 is 2.00 bits per heavy atom. The van der Waals surface area contributed by atoms with Gasteiger partial charge in [-0.1, -0.05) is 12.1 Å². The van der Waals surface area contributed by atoms with Crippen LogP contribution < -0.4 is 9.47 Å². The second kappa shape index (κ2) is 4.94. The summed E-state index contributed by atoms with van der Waals surface area (Å²) in [4.78, 5) is 20.2. The highest BCUT2D eigenvalue weighted by molar-refractivity contribution is 5.74. The monoisotopic (exact) mass is 211 g/mol. The van der Waals surface area contributed by atoms with E-state index >= 15 is 0 Å². The van der Waals surface area contributed by atoms with Gasteiger partial charge in [0.05, 0.1) is 7.11 Å². The molecule has 0 amide bonds. The largest absolute Gasteiger partial charge is 0.493 e. The fourth-order valence-electron chi connectivity index (χ4n) is 0.963. The third-order valence-corrected chi connectivity index (χ3v) is 1.55. The molecule has 15 heavy (non-hydrogen) atoms. The van der Waals surface area contributed by atoms with Gasteiger partial charge in [0.15, 0.2) is 11.5 Å². The first-order valence-electron chi connectivity index (χ1n) is 4.09. The van der Waals surface area contributed by atoms with Crippen molar-refractivity contribution in [3.8, 4) is 11.5 Å². The predicted molar refractivity (Wildman–Crippen MR) is 50.5 cm³/mol. The van der Waals surface area contributed by atoms with Crippen molar-refractivity contribution in [3.63, 3.8) is 0 Å². The van der Waals surface area contributed by atoms with E-state index in [4.69, 9.17) is 9.47 Å². The van der Waals surface area contributed by atoms with Crippen LogP contribution in [0.3, 0.4) is 0 Å². The fourth-order valence-corrected chi connectivity index (χ4v) is 0.963. The Labute approximate surface area is 85.6 Å². The van der Waals surface area contributed by atoms with E-state index in [1.165, 1.54) is 13.2 Å². The van der Waals surface area contributed by atoms with Gasteiger partial charge >= 0.3 is 5.97 Å². The number of hydrogen-bond acceptors (Lipinski definition) is 5. The van der Waals surface area contributed by atoms with Crippen molar-refractivity contribution in [2.75, 3.05) is 13.7 Å². The van der Waals surface area contributed by atoms with Gasteiger partial charge in [-0.25, -0.2) is 4.79 Å². The molecule has 0 fully saturated rings. The molecule has 0 aliphatic heterocycles. The van der Waals surface area contributed by atoms with E-state index in [1.807, 2.05) is 0 Å². The average Bonchev–Trinajstić information content (AvgIpc) is 2.17. The number of para-hydroxylation sites is 2. The Bertz CT molecular complexity index is 377. The van der Waals surface area contributed by atoms with Gasteiger partial charge < -0.3 is 9.47 Å². The molecule has 0 aliphatic rings. The van der Waals surface area contributed by atoms with Crippen molar-refractivity contribution >= 4 is 5.97 Å². The quantitative estimate of drug-likeness (QED) is 0.319. The van der Waals surface area contributed by atoms with E-state index in [9.17, 15) is 14.9 Å². The molecule has 0 radical (unpaired) electrons. The van der Waals surface area contributed by atoms with Gasteiger partial charge in [0, 0.05) is 4.92 Å². The first-order chi connectivity index (χ1) is 7.13. The minimum absolute atomic E-state index is 0.173. The topological polar surface area (TPSA) is 78.7 Å². The van der Waals surface area contributed by atoms with Crippen molar-refractivity contribution in [2.45, 2.75) is 0 Å². The summed E-state index contributed by atoms with van der Waals surface area (Å²) >= 11 is 0. The number of esters is 1. The maximum absolute atomic E-state index is 11.0. The van der Waals surface area contributed by atoms with Crippen LogP contribution in [0.5, 0.6) is 11.5 Å². The lowest BCUT2D eigenvalue weighted by atomic mass is 10.3. The Morgan fingerprint density at radius 1 is 1.40 bits per heavy atom. The molecule has 80 valence electrons. The Morgan fingerprint density at radius 3 is 2.53 bits per heavy atom. The molecule has 1 aromatic carbocycles. The van der Waals surface area contributed by atoms with E-state index in [-0.39, 0.29) is 5.75 Å². The van der Waals surface area contributed by atoms with E-state index in [0.717, 1.165) is 0 Å². The molecule has 0 unspecified atom stereocenters. The molecule has 0 heterocycles. The van der Waals surface area contributed by atoms with Gasteiger partial charge in [0.2, 0.25) is 0 Å². The fraction of sp³-hybridized carbons (Fsp3) is 0.222. The highest BCUT2D eigenvalue weighted by atomic mass is 16.6. The summed E-state index contributed by atoms with van der Waals surface area (Å²) in [6.45, 7) is -0.863. The summed E-state index contributed by atoms with van der Waals surface area (Å²) < 4.78 is 9.65. The van der Waals surface area contributed by atoms with Crippen LogP contribution in [-0.2, 0) is 4.79 Å². The number of nitro groups is 1. The van der Waals surface area contributed by atoms with E-state index in [0.29, 0.717) is 5.75 Å². The molecule has 0 N–H and O–H groups in total. The maximum atomic E-state index is 11.0. The predicted octanol–water partition coefficient (Wildman–Crippen LogP) is 0.877. The summed E-state index contributed by atoms with van der Waals surface area (Å²) in [5.74, 6) is -0.398. The minimum Gasteiger partial charge on any atom is -0.493 e. The van der Waals surface area contributed by atoms with Crippen molar-refractivity contribution in [2.24, 2.45) is 0 Å². The number of methoxy groups -OCH3 is 1. The highest BCUT2D eigenvalue weighted by Crippen LogP contribution is 2.25. The van der Waals surface area contributed by atoms with E-state index in [1.54, 1.807) is 18.2 Å². The number of carbonyl (C=O) groups excluding carboxylic acids is 1. The summed E-state index contributed by atoms with van der Waals surface area (Å²) in [7, 11) is 1.42. The third-order valence-electron chi connectivity index (χ3n) is 1.55. The van der Waals surface area contributed by atoms with Gasteiger partial charge in [-0.15, -0.1) is 0 Å². The first-order valence-corrected chi connectivity index (χ1v) is 4.09. The van der Waals surface area contributed by atoms with Crippen molar-refractivity contribution < 1.29 is 19.2 Å². The van der Waals surface area contributed by atoms with Crippen molar-refractivity contribution in [1.82, 2.24) is 0 Å². The van der Waals surface area contributed by atoms with Crippen LogP contribution >= 0.6 is 0 Å². The molecule has 6 nitrogen and oxygen atoms in total. The summed E-state index contributed by atoms with van der Waals surface area (Å²) in [6, 6.07) is 6.42. The lowest BCUT2D eigenvalue weighted by Crippen LogP contribution is -2.19. The molecule has 1 rings (SSSR count). The van der Waals surface area contributed by atoms with Crippen LogP contribution in [-0.4, -0.2) is 24.5 Å². The molecule has 0 atom stereocenters. The average molecular weight is 211 g/mol. The van der Waals surface area contributed by atoms with Crippen LogP contribution in [0.1, 0.15) is 0 Å². The Hall–Kier alpha value is -2.11. The number of carbonyl (C=O) groups is 1. The van der Waals surface area contributed by atoms with Crippen LogP contribution in [0, 0.1) is 10.1 Å². The summed E-state index contributed by atoms with van der Waals surface area (Å²) in [5.41, 5.74) is 0. The molecule has 0 aliphatic carbocycles. The number of ether oxygens (including phenoxy) is 2. The number of nitrogens with zero attached hydrogens (tertiary/aromatic N) is 1. The number of rotatable bonds is 4. The van der Waals surface area contributed by atoms with Gasteiger partial charge in [-0.2, -0.15) is 0 Å². The normalized spacial score (nSPS) is 9.40. The van der Waals surface area contributed by atoms with E-state index in [2.05, 4.69) is 0 Å². The van der Waals surface area contributed by atoms with Crippen LogP contribution in [0.2, 0.25) is 0 Å². The molecule has 0 saturated heterocycles. The lowest BCUT2D eigenvalue weighted by Gasteiger charge is -2.06. The zero-order valence-corrected chi connectivity index (χ0v) is 8.00. The van der Waals surface area contributed by atoms with Crippen LogP contribution in [0.4, 0.5) is 0 Å². The zero-order valence-electron chi connectivity index (χ0n) is 8.00. The number of hydrogen-bond donors (Lipinski definition) is 0. The molecule has 0 spiro atoms. The van der Waals surface area contributed by atoms with Gasteiger partial charge in [-0.3, -0.25) is 10.1 Å². The summed E-state index contributed by atoms with van der Waals surface area (Å²) in [6.07, 6.45) is 0. The van der Waals surface area contributed by atoms with Crippen LogP contribution in [0.25, 0.3) is 0 Å². The van der Waals surface area contributed by atoms with Crippen molar-refractivity contribution in [3.05, 3.63) is 34.4 Å². The Kier molecular flexibility index (Phi) is 3.61. The molecule has 1 aromatic rings. The highest BCUT2D eigenvalue weighted by Gasteiger charge is 2.14. The van der Waals surface area contributed by atoms with Gasteiger partial charge in [-0.05, 0) is 12.1 Å². The molecular formula is C9H9NO5. The van der Waals surface area contributed by atoms with Gasteiger partial charge in [0.25, 0.3) is 6.54 Å². The maximum Gasteiger partial charge on any atom is 0.384 e. The molecular weight excluding hydrogens is 202 g/mol. The number of benzene rings is 1. The van der Waals surface area contributed by atoms with Crippen LogP contribution in [0.15, 0.2) is 24.3 Å². The van der Waals surface area contributed by atoms with Gasteiger partial charge in [0.1, 0.15) is 0 Å².